The van der Waals surface area contributed by atoms with Crippen molar-refractivity contribution in [1.82, 2.24) is 24.5 Å². The molecule has 3 aromatic rings. The van der Waals surface area contributed by atoms with Gasteiger partial charge in [-0.2, -0.15) is 0 Å². The Labute approximate surface area is 144 Å². The van der Waals surface area contributed by atoms with Crippen LogP contribution in [0.1, 0.15) is 60.0 Å². The van der Waals surface area contributed by atoms with Crippen LogP contribution in [0.25, 0.3) is 5.65 Å². The fourth-order valence-corrected chi connectivity index (χ4v) is 3.97. The second-order valence-electron chi connectivity index (χ2n) is 6.37. The quantitative estimate of drug-likeness (QED) is 0.733. The standard InChI is InChI=1S/C17H19N5OS/c1-11(2)16-18-12(10-24-16)17(23)21-9-5-6-13(21)15-20-19-14-7-3-4-8-22(14)15/h3-4,7-8,10-11,13H,5-6,9H2,1-2H3. The Kier molecular flexibility index (Phi) is 3.80. The minimum absolute atomic E-state index is 0.00617. The summed E-state index contributed by atoms with van der Waals surface area (Å²) in [5.41, 5.74) is 1.35. The first-order chi connectivity index (χ1) is 11.6. The predicted molar refractivity (Wildman–Crippen MR) is 92.2 cm³/mol. The van der Waals surface area contributed by atoms with Crippen molar-refractivity contribution in [3.63, 3.8) is 0 Å². The van der Waals surface area contributed by atoms with Crippen molar-refractivity contribution in [3.8, 4) is 0 Å². The minimum atomic E-state index is -0.0425. The lowest BCUT2D eigenvalue weighted by molar-refractivity contribution is 0.0724. The molecule has 0 radical (unpaired) electrons. The molecule has 1 amide bonds. The van der Waals surface area contributed by atoms with E-state index in [0.717, 1.165) is 35.9 Å². The maximum atomic E-state index is 12.9. The predicted octanol–water partition coefficient (Wildman–Crippen LogP) is 3.29. The number of likely N-dealkylation sites (tertiary alicyclic amines) is 1. The fraction of sp³-hybridized carbons (Fsp3) is 0.412. The van der Waals surface area contributed by atoms with E-state index < -0.39 is 0 Å². The maximum Gasteiger partial charge on any atom is 0.273 e. The first-order valence-electron chi connectivity index (χ1n) is 8.21. The van der Waals surface area contributed by atoms with Gasteiger partial charge in [0, 0.05) is 24.0 Å². The lowest BCUT2D eigenvalue weighted by Crippen LogP contribution is -2.31. The number of carbonyl (C=O) groups is 1. The monoisotopic (exact) mass is 341 g/mol. The van der Waals surface area contributed by atoms with Crippen molar-refractivity contribution in [1.29, 1.82) is 0 Å². The summed E-state index contributed by atoms with van der Waals surface area (Å²) in [7, 11) is 0. The second-order valence-corrected chi connectivity index (χ2v) is 7.26. The molecule has 1 aliphatic heterocycles. The number of nitrogens with zero attached hydrogens (tertiary/aromatic N) is 5. The van der Waals surface area contributed by atoms with Gasteiger partial charge in [0.05, 0.1) is 11.0 Å². The van der Waals surface area contributed by atoms with Crippen molar-refractivity contribution in [2.75, 3.05) is 6.54 Å². The number of amides is 1. The molecule has 0 saturated carbocycles. The van der Waals surface area contributed by atoms with Crippen LogP contribution in [0.3, 0.4) is 0 Å². The molecule has 4 heterocycles. The first kappa shape index (κ1) is 15.3. The third-order valence-electron chi connectivity index (χ3n) is 4.39. The molecule has 24 heavy (non-hydrogen) atoms. The Morgan fingerprint density at radius 2 is 2.21 bits per heavy atom. The molecular formula is C17H19N5OS. The maximum absolute atomic E-state index is 12.9. The van der Waals surface area contributed by atoms with Crippen molar-refractivity contribution in [3.05, 3.63) is 46.3 Å². The molecule has 4 rings (SSSR count). The number of rotatable bonds is 3. The number of hydrogen-bond donors (Lipinski definition) is 0. The van der Waals surface area contributed by atoms with Gasteiger partial charge in [-0.05, 0) is 25.0 Å². The van der Waals surface area contributed by atoms with E-state index in [2.05, 4.69) is 29.0 Å². The summed E-state index contributed by atoms with van der Waals surface area (Å²) in [5.74, 6) is 1.16. The summed E-state index contributed by atoms with van der Waals surface area (Å²) in [4.78, 5) is 19.3. The molecule has 6 nitrogen and oxygen atoms in total. The molecule has 1 atom stereocenters. The summed E-state index contributed by atoms with van der Waals surface area (Å²) in [6.07, 6.45) is 3.83. The Balaban J connectivity index is 1.66. The second kappa shape index (κ2) is 5.98. The summed E-state index contributed by atoms with van der Waals surface area (Å²) >= 11 is 1.55. The summed E-state index contributed by atoms with van der Waals surface area (Å²) in [6, 6.07) is 5.77. The average Bonchev–Trinajstić information content (AvgIpc) is 3.31. The summed E-state index contributed by atoms with van der Waals surface area (Å²) in [5, 5.41) is 11.4. The van der Waals surface area contributed by atoms with Crippen molar-refractivity contribution >= 4 is 22.9 Å². The lowest BCUT2D eigenvalue weighted by atomic mass is 10.2. The number of fused-ring (bicyclic) bond motifs is 1. The van der Waals surface area contributed by atoms with Gasteiger partial charge in [-0.1, -0.05) is 19.9 Å². The molecule has 0 aromatic carbocycles. The van der Waals surface area contributed by atoms with Gasteiger partial charge in [0.1, 0.15) is 5.69 Å². The van der Waals surface area contributed by atoms with Gasteiger partial charge < -0.3 is 4.90 Å². The Morgan fingerprint density at radius 1 is 1.33 bits per heavy atom. The van der Waals surface area contributed by atoms with Crippen LogP contribution in [-0.4, -0.2) is 36.9 Å². The zero-order valence-corrected chi connectivity index (χ0v) is 14.5. The first-order valence-corrected chi connectivity index (χ1v) is 9.09. The van der Waals surface area contributed by atoms with Gasteiger partial charge in [0.2, 0.25) is 0 Å². The molecule has 1 saturated heterocycles. The van der Waals surface area contributed by atoms with Gasteiger partial charge >= 0.3 is 0 Å². The smallest absolute Gasteiger partial charge is 0.273 e. The zero-order valence-electron chi connectivity index (χ0n) is 13.7. The highest BCUT2D eigenvalue weighted by Gasteiger charge is 2.34. The topological polar surface area (TPSA) is 63.4 Å². The molecule has 0 spiro atoms. The SMILES string of the molecule is CC(C)c1nc(C(=O)N2CCCC2c2nnc3ccccn23)cs1. The largest absolute Gasteiger partial charge is 0.327 e. The molecule has 1 unspecified atom stereocenters. The molecule has 124 valence electrons. The van der Waals surface area contributed by atoms with Crippen LogP contribution in [0.4, 0.5) is 0 Å². The number of pyridine rings is 1. The van der Waals surface area contributed by atoms with E-state index in [4.69, 9.17) is 0 Å². The van der Waals surface area contributed by atoms with Gasteiger partial charge in [0.15, 0.2) is 11.5 Å². The van der Waals surface area contributed by atoms with Crippen molar-refractivity contribution in [2.24, 2.45) is 0 Å². The van der Waals surface area contributed by atoms with Crippen molar-refractivity contribution < 1.29 is 4.79 Å². The van der Waals surface area contributed by atoms with Crippen LogP contribution >= 0.6 is 11.3 Å². The van der Waals surface area contributed by atoms with E-state index in [0.29, 0.717) is 11.6 Å². The summed E-state index contributed by atoms with van der Waals surface area (Å²) in [6.45, 7) is 4.92. The third kappa shape index (κ3) is 2.49. The number of aromatic nitrogens is 4. The highest BCUT2D eigenvalue weighted by molar-refractivity contribution is 7.09. The van der Waals surface area contributed by atoms with Crippen LogP contribution in [-0.2, 0) is 0 Å². The van der Waals surface area contributed by atoms with Crippen LogP contribution in [0.2, 0.25) is 0 Å². The zero-order chi connectivity index (χ0) is 16.7. The van der Waals surface area contributed by atoms with Crippen LogP contribution in [0, 0.1) is 0 Å². The normalized spacial score (nSPS) is 18.0. The van der Waals surface area contributed by atoms with Crippen LogP contribution < -0.4 is 0 Å². The molecule has 0 aliphatic carbocycles. The van der Waals surface area contributed by atoms with E-state index >= 15 is 0 Å². The Bertz CT molecular complexity index is 884. The van der Waals surface area contributed by atoms with E-state index in [1.807, 2.05) is 39.1 Å². The number of carbonyl (C=O) groups excluding carboxylic acids is 1. The van der Waals surface area contributed by atoms with Gasteiger partial charge in [0.25, 0.3) is 5.91 Å². The van der Waals surface area contributed by atoms with E-state index in [9.17, 15) is 4.79 Å². The van der Waals surface area contributed by atoms with Crippen LogP contribution in [0.15, 0.2) is 29.8 Å². The Hall–Kier alpha value is -2.28. The Morgan fingerprint density at radius 3 is 3.00 bits per heavy atom. The third-order valence-corrected chi connectivity index (χ3v) is 5.53. The van der Waals surface area contributed by atoms with Crippen LogP contribution in [0.5, 0.6) is 0 Å². The fourth-order valence-electron chi connectivity index (χ4n) is 3.16. The molecule has 1 aliphatic rings. The molecule has 0 N–H and O–H groups in total. The molecular weight excluding hydrogens is 322 g/mol. The lowest BCUT2D eigenvalue weighted by Gasteiger charge is -2.22. The molecule has 7 heteroatoms. The molecule has 3 aromatic heterocycles. The van der Waals surface area contributed by atoms with Gasteiger partial charge in [-0.3, -0.25) is 9.20 Å². The van der Waals surface area contributed by atoms with E-state index in [1.54, 1.807) is 11.3 Å². The minimum Gasteiger partial charge on any atom is -0.327 e. The number of thiazole rings is 1. The van der Waals surface area contributed by atoms with Gasteiger partial charge in [-0.15, -0.1) is 21.5 Å². The highest BCUT2D eigenvalue weighted by Crippen LogP contribution is 2.32. The molecule has 1 fully saturated rings. The van der Waals surface area contributed by atoms with E-state index in [-0.39, 0.29) is 11.9 Å². The number of hydrogen-bond acceptors (Lipinski definition) is 5. The molecule has 0 bridgehead atoms. The highest BCUT2D eigenvalue weighted by atomic mass is 32.1. The summed E-state index contributed by atoms with van der Waals surface area (Å²) < 4.78 is 1.97. The van der Waals surface area contributed by atoms with E-state index in [1.165, 1.54) is 0 Å². The van der Waals surface area contributed by atoms with Gasteiger partial charge in [-0.25, -0.2) is 4.98 Å². The average molecular weight is 341 g/mol. The van der Waals surface area contributed by atoms with Crippen molar-refractivity contribution in [2.45, 2.75) is 38.6 Å².